The van der Waals surface area contributed by atoms with Crippen LogP contribution in [0.4, 0.5) is 0 Å². The Morgan fingerprint density at radius 1 is 1.31 bits per heavy atom. The predicted molar refractivity (Wildman–Crippen MR) is 66.5 cm³/mol. The van der Waals surface area contributed by atoms with E-state index >= 15 is 0 Å². The van der Waals surface area contributed by atoms with E-state index in [1.165, 1.54) is 0 Å². The quantitative estimate of drug-likeness (QED) is 0.845. The minimum Gasteiger partial charge on any atom is -0.309 e. The summed E-state index contributed by atoms with van der Waals surface area (Å²) in [6, 6.07) is 9.37. The van der Waals surface area contributed by atoms with E-state index < -0.39 is 0 Å². The second-order valence-corrected chi connectivity index (χ2v) is 4.41. The Morgan fingerprint density at radius 2 is 2.12 bits per heavy atom. The molecular formula is C12H11BrN2O. The Hall–Kier alpha value is -1.42. The lowest BCUT2D eigenvalue weighted by atomic mass is 10.3. The van der Waals surface area contributed by atoms with Gasteiger partial charge in [-0.05, 0) is 47.1 Å². The number of hydrogen-bond donors (Lipinski definition) is 0. The molecule has 0 saturated carbocycles. The minimum atomic E-state index is -0.0363. The summed E-state index contributed by atoms with van der Waals surface area (Å²) in [5, 5.41) is 0. The van der Waals surface area contributed by atoms with E-state index in [0.717, 1.165) is 11.4 Å². The number of hydrogen-bond acceptors (Lipinski definition) is 2. The highest BCUT2D eigenvalue weighted by Gasteiger charge is 2.01. The third-order valence-electron chi connectivity index (χ3n) is 2.25. The third kappa shape index (κ3) is 2.39. The smallest absolute Gasteiger partial charge is 0.265 e. The molecule has 0 aliphatic rings. The fraction of sp³-hybridized carbons (Fsp3) is 0.167. The van der Waals surface area contributed by atoms with Crippen molar-refractivity contribution in [3.63, 3.8) is 0 Å². The molecule has 0 aliphatic carbocycles. The van der Waals surface area contributed by atoms with Crippen molar-refractivity contribution in [1.82, 2.24) is 9.55 Å². The molecule has 0 amide bonds. The molecule has 4 heteroatoms. The summed E-state index contributed by atoms with van der Waals surface area (Å²) >= 11 is 3.22. The maximum absolute atomic E-state index is 11.7. The number of nitrogens with zero attached hydrogens (tertiary/aromatic N) is 2. The van der Waals surface area contributed by atoms with Crippen LogP contribution in [0.2, 0.25) is 0 Å². The third-order valence-corrected chi connectivity index (χ3v) is 2.86. The van der Waals surface area contributed by atoms with Crippen molar-refractivity contribution in [2.45, 2.75) is 13.5 Å². The number of rotatable bonds is 2. The summed E-state index contributed by atoms with van der Waals surface area (Å²) in [5.74, 6) is 0. The Morgan fingerprint density at radius 3 is 2.88 bits per heavy atom. The van der Waals surface area contributed by atoms with E-state index in [1.807, 2.05) is 31.2 Å². The van der Waals surface area contributed by atoms with Gasteiger partial charge in [-0.3, -0.25) is 9.78 Å². The van der Waals surface area contributed by atoms with Crippen LogP contribution in [0.3, 0.4) is 0 Å². The van der Waals surface area contributed by atoms with Crippen molar-refractivity contribution in [3.05, 3.63) is 62.7 Å². The Bertz CT molecular complexity index is 563. The van der Waals surface area contributed by atoms with Crippen LogP contribution in [-0.4, -0.2) is 9.55 Å². The molecule has 16 heavy (non-hydrogen) atoms. The molecule has 0 spiro atoms. The molecule has 0 radical (unpaired) electrons. The highest BCUT2D eigenvalue weighted by molar-refractivity contribution is 9.10. The molecule has 2 heterocycles. The summed E-state index contributed by atoms with van der Waals surface area (Å²) < 4.78 is 2.20. The average Bonchev–Trinajstić information content (AvgIpc) is 2.25. The highest BCUT2D eigenvalue weighted by Crippen LogP contribution is 2.03. The largest absolute Gasteiger partial charge is 0.309 e. The van der Waals surface area contributed by atoms with Crippen LogP contribution in [0.25, 0.3) is 0 Å². The summed E-state index contributed by atoms with van der Waals surface area (Å²) in [6.45, 7) is 2.44. The maximum atomic E-state index is 11.7. The van der Waals surface area contributed by atoms with Crippen LogP contribution in [0.5, 0.6) is 0 Å². The van der Waals surface area contributed by atoms with E-state index in [9.17, 15) is 4.79 Å². The summed E-state index contributed by atoms with van der Waals surface area (Å²) in [6.07, 6.45) is 1.76. The molecule has 0 N–H and O–H groups in total. The van der Waals surface area contributed by atoms with Crippen LogP contribution >= 0.6 is 15.9 Å². The molecule has 2 rings (SSSR count). The van der Waals surface area contributed by atoms with Crippen LogP contribution in [-0.2, 0) is 6.54 Å². The van der Waals surface area contributed by atoms with Crippen molar-refractivity contribution in [2.75, 3.05) is 0 Å². The van der Waals surface area contributed by atoms with Gasteiger partial charge in [0, 0.05) is 11.9 Å². The van der Waals surface area contributed by atoms with E-state index in [4.69, 9.17) is 0 Å². The molecule has 0 bridgehead atoms. The Labute approximate surface area is 102 Å². The van der Waals surface area contributed by atoms with Gasteiger partial charge in [0.05, 0.1) is 16.7 Å². The van der Waals surface area contributed by atoms with E-state index in [0.29, 0.717) is 11.0 Å². The topological polar surface area (TPSA) is 34.9 Å². The van der Waals surface area contributed by atoms with E-state index in [1.54, 1.807) is 16.8 Å². The van der Waals surface area contributed by atoms with Crippen molar-refractivity contribution < 1.29 is 0 Å². The Kier molecular flexibility index (Phi) is 3.19. The van der Waals surface area contributed by atoms with Crippen LogP contribution in [0, 0.1) is 6.92 Å². The fourth-order valence-electron chi connectivity index (χ4n) is 1.49. The normalized spacial score (nSPS) is 10.4. The standard InChI is InChI=1S/C12H11BrN2O/c1-9-4-2-5-10(14-9)8-15-7-3-6-11(13)12(15)16/h2-7H,8H2,1H3. The zero-order chi connectivity index (χ0) is 11.5. The van der Waals surface area contributed by atoms with Gasteiger partial charge < -0.3 is 4.57 Å². The second kappa shape index (κ2) is 4.61. The summed E-state index contributed by atoms with van der Waals surface area (Å²) in [4.78, 5) is 16.1. The van der Waals surface area contributed by atoms with Gasteiger partial charge in [0.1, 0.15) is 0 Å². The predicted octanol–water partition coefficient (Wildman–Crippen LogP) is 2.36. The average molecular weight is 279 g/mol. The summed E-state index contributed by atoms with van der Waals surface area (Å²) in [5.41, 5.74) is 1.81. The first-order valence-electron chi connectivity index (χ1n) is 4.94. The number of pyridine rings is 2. The van der Waals surface area contributed by atoms with E-state index in [2.05, 4.69) is 20.9 Å². The van der Waals surface area contributed by atoms with Crippen LogP contribution < -0.4 is 5.56 Å². The van der Waals surface area contributed by atoms with Gasteiger partial charge in [0.15, 0.2) is 0 Å². The van der Waals surface area contributed by atoms with Crippen molar-refractivity contribution >= 4 is 15.9 Å². The first-order chi connectivity index (χ1) is 7.66. The number of halogens is 1. The molecule has 0 unspecified atom stereocenters. The van der Waals surface area contributed by atoms with Gasteiger partial charge in [-0.2, -0.15) is 0 Å². The van der Waals surface area contributed by atoms with Crippen molar-refractivity contribution in [1.29, 1.82) is 0 Å². The molecule has 3 nitrogen and oxygen atoms in total. The van der Waals surface area contributed by atoms with Crippen LogP contribution in [0.15, 0.2) is 45.8 Å². The molecule has 0 atom stereocenters. The van der Waals surface area contributed by atoms with Gasteiger partial charge in [0.2, 0.25) is 0 Å². The van der Waals surface area contributed by atoms with Gasteiger partial charge in [-0.15, -0.1) is 0 Å². The molecule has 0 saturated heterocycles. The lowest BCUT2D eigenvalue weighted by molar-refractivity contribution is 0.733. The first kappa shape index (κ1) is 11.1. The zero-order valence-corrected chi connectivity index (χ0v) is 10.4. The van der Waals surface area contributed by atoms with E-state index in [-0.39, 0.29) is 5.56 Å². The SMILES string of the molecule is Cc1cccc(Cn2cccc(Br)c2=O)n1. The molecule has 0 fully saturated rings. The molecule has 0 aliphatic heterocycles. The van der Waals surface area contributed by atoms with Gasteiger partial charge in [-0.1, -0.05) is 6.07 Å². The molecule has 2 aromatic heterocycles. The molecule has 0 aromatic carbocycles. The van der Waals surface area contributed by atoms with Gasteiger partial charge in [0.25, 0.3) is 5.56 Å². The maximum Gasteiger partial charge on any atom is 0.265 e. The first-order valence-corrected chi connectivity index (χ1v) is 5.73. The van der Waals surface area contributed by atoms with Gasteiger partial charge in [-0.25, -0.2) is 0 Å². The summed E-state index contributed by atoms with van der Waals surface area (Å²) in [7, 11) is 0. The van der Waals surface area contributed by atoms with Gasteiger partial charge >= 0.3 is 0 Å². The van der Waals surface area contributed by atoms with Crippen LogP contribution in [0.1, 0.15) is 11.4 Å². The molecule has 82 valence electrons. The minimum absolute atomic E-state index is 0.0363. The molecule has 2 aromatic rings. The lowest BCUT2D eigenvalue weighted by Gasteiger charge is -2.05. The number of aromatic nitrogens is 2. The number of aryl methyl sites for hydroxylation is 1. The lowest BCUT2D eigenvalue weighted by Crippen LogP contribution is -2.20. The van der Waals surface area contributed by atoms with Crippen molar-refractivity contribution in [3.8, 4) is 0 Å². The fourth-order valence-corrected chi connectivity index (χ4v) is 1.87. The second-order valence-electron chi connectivity index (χ2n) is 3.56. The monoisotopic (exact) mass is 278 g/mol. The zero-order valence-electron chi connectivity index (χ0n) is 8.85. The molecular weight excluding hydrogens is 268 g/mol. The highest BCUT2D eigenvalue weighted by atomic mass is 79.9. The Balaban J connectivity index is 2.34. The van der Waals surface area contributed by atoms with Crippen molar-refractivity contribution in [2.24, 2.45) is 0 Å².